The third-order valence-corrected chi connectivity index (χ3v) is 5.19. The van der Waals surface area contributed by atoms with Crippen molar-refractivity contribution < 1.29 is 0 Å². The van der Waals surface area contributed by atoms with Crippen molar-refractivity contribution in [2.75, 3.05) is 7.05 Å². The minimum atomic E-state index is 0.409. The lowest BCUT2D eigenvalue weighted by molar-refractivity contribution is 0.0500. The highest BCUT2D eigenvalue weighted by Crippen LogP contribution is 2.39. The molecule has 1 fully saturated rings. The van der Waals surface area contributed by atoms with Crippen molar-refractivity contribution >= 4 is 0 Å². The molecule has 2 nitrogen and oxygen atoms in total. The van der Waals surface area contributed by atoms with Gasteiger partial charge in [-0.05, 0) is 36.4 Å². The molecule has 1 saturated carbocycles. The predicted molar refractivity (Wildman–Crippen MR) is 80.0 cm³/mol. The summed E-state index contributed by atoms with van der Waals surface area (Å²) in [6, 6.07) is 10.2. The molecule has 1 aromatic rings. The molecule has 0 aromatic heterocycles. The van der Waals surface area contributed by atoms with Gasteiger partial charge in [0.1, 0.15) is 0 Å². The van der Waals surface area contributed by atoms with Gasteiger partial charge in [0, 0.05) is 25.2 Å². The van der Waals surface area contributed by atoms with Crippen molar-refractivity contribution in [1.82, 2.24) is 10.2 Å². The lowest BCUT2D eigenvalue weighted by atomic mass is 9.70. The summed E-state index contributed by atoms with van der Waals surface area (Å²) < 4.78 is 0. The van der Waals surface area contributed by atoms with Gasteiger partial charge in [-0.2, -0.15) is 0 Å². The Morgan fingerprint density at radius 3 is 2.37 bits per heavy atom. The molecule has 2 heteroatoms. The van der Waals surface area contributed by atoms with Crippen molar-refractivity contribution in [3.05, 3.63) is 35.4 Å². The zero-order valence-electron chi connectivity index (χ0n) is 12.4. The van der Waals surface area contributed by atoms with Crippen LogP contribution < -0.4 is 5.32 Å². The van der Waals surface area contributed by atoms with Gasteiger partial charge in [-0.1, -0.05) is 44.5 Å². The fourth-order valence-corrected chi connectivity index (χ4v) is 4.18. The summed E-state index contributed by atoms with van der Waals surface area (Å²) in [5, 5.41) is 3.61. The SMILES string of the molecule is CNC1C(N2Cc3ccccc3C2)CCCC1(C)C. The van der Waals surface area contributed by atoms with Crippen molar-refractivity contribution in [2.45, 2.75) is 58.3 Å². The smallest absolute Gasteiger partial charge is 0.0271 e. The maximum Gasteiger partial charge on any atom is 0.0271 e. The van der Waals surface area contributed by atoms with E-state index in [1.807, 2.05) is 0 Å². The molecule has 1 aliphatic heterocycles. The first-order valence-corrected chi connectivity index (χ1v) is 7.60. The standard InChI is InChI=1S/C17H26N2/c1-17(2)10-6-9-15(16(17)18-3)19-11-13-7-4-5-8-14(13)12-19/h4-5,7-8,15-16,18H,6,9-12H2,1-3H3. The largest absolute Gasteiger partial charge is 0.315 e. The molecular formula is C17H26N2. The summed E-state index contributed by atoms with van der Waals surface area (Å²) in [5.74, 6) is 0. The van der Waals surface area contributed by atoms with Crippen molar-refractivity contribution in [3.8, 4) is 0 Å². The van der Waals surface area contributed by atoms with E-state index in [2.05, 4.69) is 55.4 Å². The number of nitrogens with zero attached hydrogens (tertiary/aromatic N) is 1. The molecule has 0 radical (unpaired) electrons. The summed E-state index contributed by atoms with van der Waals surface area (Å²) in [6.45, 7) is 7.11. The van der Waals surface area contributed by atoms with E-state index in [1.165, 1.54) is 30.4 Å². The Hall–Kier alpha value is -0.860. The van der Waals surface area contributed by atoms with E-state index < -0.39 is 0 Å². The summed E-state index contributed by atoms with van der Waals surface area (Å²) in [4.78, 5) is 2.69. The first kappa shape index (κ1) is 13.1. The second kappa shape index (κ2) is 4.92. The summed E-state index contributed by atoms with van der Waals surface area (Å²) in [5.41, 5.74) is 3.47. The third-order valence-electron chi connectivity index (χ3n) is 5.19. The minimum absolute atomic E-state index is 0.409. The van der Waals surface area contributed by atoms with Crippen molar-refractivity contribution in [2.24, 2.45) is 5.41 Å². The van der Waals surface area contributed by atoms with Gasteiger partial charge in [-0.25, -0.2) is 0 Å². The Morgan fingerprint density at radius 1 is 1.16 bits per heavy atom. The highest BCUT2D eigenvalue weighted by molar-refractivity contribution is 5.30. The highest BCUT2D eigenvalue weighted by Gasteiger charge is 2.41. The number of benzene rings is 1. The van der Waals surface area contributed by atoms with Crippen molar-refractivity contribution in [3.63, 3.8) is 0 Å². The van der Waals surface area contributed by atoms with E-state index >= 15 is 0 Å². The van der Waals surface area contributed by atoms with Crippen LogP contribution in [-0.4, -0.2) is 24.0 Å². The molecular weight excluding hydrogens is 232 g/mol. The number of likely N-dealkylation sites (N-methyl/N-ethyl adjacent to an activating group) is 1. The van der Waals surface area contributed by atoms with Gasteiger partial charge in [0.25, 0.3) is 0 Å². The quantitative estimate of drug-likeness (QED) is 0.876. The lowest BCUT2D eigenvalue weighted by Gasteiger charge is -2.47. The van der Waals surface area contributed by atoms with Crippen LogP contribution in [0.25, 0.3) is 0 Å². The zero-order chi connectivity index (χ0) is 13.5. The number of hydrogen-bond donors (Lipinski definition) is 1. The molecule has 1 N–H and O–H groups in total. The van der Waals surface area contributed by atoms with E-state index in [9.17, 15) is 0 Å². The Bertz CT molecular complexity index is 427. The maximum atomic E-state index is 3.61. The first-order chi connectivity index (χ1) is 9.12. The first-order valence-electron chi connectivity index (χ1n) is 7.60. The van der Waals surface area contributed by atoms with Gasteiger partial charge in [0.2, 0.25) is 0 Å². The minimum Gasteiger partial charge on any atom is -0.315 e. The van der Waals surface area contributed by atoms with Crippen LogP contribution >= 0.6 is 0 Å². The van der Waals surface area contributed by atoms with Crippen LogP contribution in [0.2, 0.25) is 0 Å². The van der Waals surface area contributed by atoms with E-state index in [1.54, 1.807) is 0 Å². The number of rotatable bonds is 2. The molecule has 19 heavy (non-hydrogen) atoms. The fourth-order valence-electron chi connectivity index (χ4n) is 4.18. The molecule has 1 aliphatic carbocycles. The van der Waals surface area contributed by atoms with Crippen LogP contribution in [0.3, 0.4) is 0 Å². The highest BCUT2D eigenvalue weighted by atomic mass is 15.2. The third kappa shape index (κ3) is 2.32. The van der Waals surface area contributed by atoms with Crippen molar-refractivity contribution in [1.29, 1.82) is 0 Å². The van der Waals surface area contributed by atoms with Crippen LogP contribution in [0.15, 0.2) is 24.3 Å². The van der Waals surface area contributed by atoms with Gasteiger partial charge in [0.15, 0.2) is 0 Å². The van der Waals surface area contributed by atoms with E-state index in [0.717, 1.165) is 13.1 Å². The van der Waals surface area contributed by atoms with Crippen LogP contribution in [0.1, 0.15) is 44.2 Å². The predicted octanol–water partition coefficient (Wildman–Crippen LogP) is 3.17. The van der Waals surface area contributed by atoms with Gasteiger partial charge >= 0.3 is 0 Å². The van der Waals surface area contributed by atoms with E-state index in [0.29, 0.717) is 17.5 Å². The van der Waals surface area contributed by atoms with Crippen LogP contribution in [0.4, 0.5) is 0 Å². The zero-order valence-corrected chi connectivity index (χ0v) is 12.4. The number of nitrogens with one attached hydrogen (secondary N) is 1. The molecule has 0 spiro atoms. The normalized spacial score (nSPS) is 30.3. The second-order valence-electron chi connectivity index (χ2n) is 6.89. The van der Waals surface area contributed by atoms with Gasteiger partial charge in [0.05, 0.1) is 0 Å². The van der Waals surface area contributed by atoms with E-state index in [-0.39, 0.29) is 0 Å². The maximum absolute atomic E-state index is 3.61. The monoisotopic (exact) mass is 258 g/mol. The van der Waals surface area contributed by atoms with Crippen LogP contribution in [0.5, 0.6) is 0 Å². The summed E-state index contributed by atoms with van der Waals surface area (Å²) in [7, 11) is 2.13. The summed E-state index contributed by atoms with van der Waals surface area (Å²) in [6.07, 6.45) is 4.04. The van der Waals surface area contributed by atoms with E-state index in [4.69, 9.17) is 0 Å². The summed E-state index contributed by atoms with van der Waals surface area (Å²) >= 11 is 0. The Labute approximate surface area is 117 Å². The molecule has 2 unspecified atom stereocenters. The average molecular weight is 258 g/mol. The number of fused-ring (bicyclic) bond motifs is 1. The van der Waals surface area contributed by atoms with Crippen LogP contribution in [-0.2, 0) is 13.1 Å². The molecule has 2 atom stereocenters. The molecule has 1 heterocycles. The van der Waals surface area contributed by atoms with Gasteiger partial charge in [-0.3, -0.25) is 4.90 Å². The fraction of sp³-hybridized carbons (Fsp3) is 0.647. The Balaban J connectivity index is 1.80. The Morgan fingerprint density at radius 2 is 1.79 bits per heavy atom. The second-order valence-corrected chi connectivity index (χ2v) is 6.89. The molecule has 2 aliphatic rings. The molecule has 0 saturated heterocycles. The molecule has 3 rings (SSSR count). The van der Waals surface area contributed by atoms with Gasteiger partial charge in [-0.15, -0.1) is 0 Å². The average Bonchev–Trinajstić information content (AvgIpc) is 2.80. The lowest BCUT2D eigenvalue weighted by Crippen LogP contribution is -2.56. The molecule has 0 amide bonds. The number of hydrogen-bond acceptors (Lipinski definition) is 2. The molecule has 1 aromatic carbocycles. The molecule has 104 valence electrons. The van der Waals surface area contributed by atoms with Crippen LogP contribution in [0, 0.1) is 5.41 Å². The molecule has 0 bridgehead atoms. The topological polar surface area (TPSA) is 15.3 Å². The van der Waals surface area contributed by atoms with Gasteiger partial charge < -0.3 is 5.32 Å². The Kier molecular flexibility index (Phi) is 3.40.